The van der Waals surface area contributed by atoms with E-state index in [0.29, 0.717) is 13.0 Å². The van der Waals surface area contributed by atoms with Gasteiger partial charge in [0.1, 0.15) is 6.61 Å². The maximum absolute atomic E-state index is 12.4. The van der Waals surface area contributed by atoms with Gasteiger partial charge in [-0.3, -0.25) is 19.6 Å². The first-order valence-electron chi connectivity index (χ1n) is 9.82. The highest BCUT2D eigenvalue weighted by atomic mass is 16.5. The van der Waals surface area contributed by atoms with E-state index in [-0.39, 0.29) is 29.9 Å². The van der Waals surface area contributed by atoms with Crippen molar-refractivity contribution in [3.05, 3.63) is 23.8 Å². The molecule has 2 fully saturated rings. The fourth-order valence-electron chi connectivity index (χ4n) is 3.91. The van der Waals surface area contributed by atoms with E-state index in [9.17, 15) is 9.59 Å². The Morgan fingerprint density at radius 1 is 1.22 bits per heavy atom. The number of rotatable bonds is 5. The molecule has 2 aliphatic heterocycles. The van der Waals surface area contributed by atoms with Gasteiger partial charge >= 0.3 is 0 Å². The number of amides is 2. The molecule has 0 saturated carbocycles. The average molecular weight is 374 g/mol. The molecule has 2 aliphatic rings. The summed E-state index contributed by atoms with van der Waals surface area (Å²) in [7, 11) is 0. The van der Waals surface area contributed by atoms with Gasteiger partial charge in [-0.05, 0) is 45.4 Å². The first-order valence-corrected chi connectivity index (χ1v) is 9.82. The molecule has 7 heteroatoms. The van der Waals surface area contributed by atoms with E-state index in [2.05, 4.69) is 9.97 Å². The van der Waals surface area contributed by atoms with Crippen molar-refractivity contribution in [2.45, 2.75) is 59.1 Å². The Labute approximate surface area is 161 Å². The average Bonchev–Trinajstić information content (AvgIpc) is 2.65. The first-order chi connectivity index (χ1) is 12.9. The third-order valence-corrected chi connectivity index (χ3v) is 5.65. The third kappa shape index (κ3) is 5.03. The topological polar surface area (TPSA) is 75.6 Å². The molecule has 3 heterocycles. The van der Waals surface area contributed by atoms with Crippen molar-refractivity contribution < 1.29 is 14.3 Å². The Hall–Kier alpha value is -2.02. The van der Waals surface area contributed by atoms with Crippen LogP contribution in [0.25, 0.3) is 0 Å². The van der Waals surface area contributed by atoms with E-state index < -0.39 is 0 Å². The van der Waals surface area contributed by atoms with Crippen molar-refractivity contribution in [3.8, 4) is 0 Å². The van der Waals surface area contributed by atoms with Crippen molar-refractivity contribution >= 4 is 11.8 Å². The number of likely N-dealkylation sites (tertiary alicyclic amines) is 2. The molecule has 0 aromatic carbocycles. The number of hydrogen-bond donors (Lipinski definition) is 0. The van der Waals surface area contributed by atoms with E-state index in [0.717, 1.165) is 50.3 Å². The van der Waals surface area contributed by atoms with Crippen LogP contribution in [0.5, 0.6) is 0 Å². The molecule has 1 aromatic heterocycles. The van der Waals surface area contributed by atoms with Gasteiger partial charge in [-0.15, -0.1) is 0 Å². The molecule has 148 valence electrons. The number of nitrogens with zero attached hydrogens (tertiary/aromatic N) is 4. The molecule has 0 N–H and O–H groups in total. The number of aromatic nitrogens is 2. The molecular weight excluding hydrogens is 344 g/mol. The molecule has 1 spiro atoms. The molecule has 0 bridgehead atoms. The minimum atomic E-state index is 0.0628. The predicted octanol–water partition coefficient (Wildman–Crippen LogP) is 1.94. The van der Waals surface area contributed by atoms with Gasteiger partial charge < -0.3 is 14.5 Å². The van der Waals surface area contributed by atoms with Gasteiger partial charge in [0.05, 0.1) is 30.2 Å². The summed E-state index contributed by atoms with van der Waals surface area (Å²) in [4.78, 5) is 37.2. The van der Waals surface area contributed by atoms with E-state index in [1.54, 1.807) is 12.4 Å². The predicted molar refractivity (Wildman–Crippen MR) is 101 cm³/mol. The molecule has 27 heavy (non-hydrogen) atoms. The van der Waals surface area contributed by atoms with E-state index >= 15 is 0 Å². The molecule has 0 unspecified atom stereocenters. The normalized spacial score (nSPS) is 19.8. The van der Waals surface area contributed by atoms with Gasteiger partial charge in [0, 0.05) is 32.3 Å². The lowest BCUT2D eigenvalue weighted by molar-refractivity contribution is -0.145. The van der Waals surface area contributed by atoms with Crippen LogP contribution < -0.4 is 0 Å². The zero-order valence-electron chi connectivity index (χ0n) is 16.6. The zero-order chi connectivity index (χ0) is 19.4. The van der Waals surface area contributed by atoms with Gasteiger partial charge in [0.25, 0.3) is 0 Å². The second-order valence-electron chi connectivity index (χ2n) is 8.14. The number of hydrogen-bond acceptors (Lipinski definition) is 5. The van der Waals surface area contributed by atoms with Crippen LogP contribution in [0.2, 0.25) is 0 Å². The number of ether oxygens (including phenoxy) is 1. The van der Waals surface area contributed by atoms with Crippen LogP contribution in [-0.2, 0) is 20.9 Å². The quantitative estimate of drug-likeness (QED) is 0.787. The van der Waals surface area contributed by atoms with Crippen molar-refractivity contribution in [2.24, 2.45) is 5.41 Å². The van der Waals surface area contributed by atoms with Crippen LogP contribution in [0, 0.1) is 12.3 Å². The maximum Gasteiger partial charge on any atom is 0.248 e. The van der Waals surface area contributed by atoms with E-state index in [4.69, 9.17) is 4.74 Å². The third-order valence-electron chi connectivity index (χ3n) is 5.65. The van der Waals surface area contributed by atoms with E-state index in [1.807, 2.05) is 30.6 Å². The number of aryl methyl sites for hydroxylation is 1. The summed E-state index contributed by atoms with van der Waals surface area (Å²) in [6, 6.07) is 0. The summed E-state index contributed by atoms with van der Waals surface area (Å²) in [6.07, 6.45) is 6.90. The Bertz CT molecular complexity index is 666. The molecule has 3 rings (SSSR count). The number of carbonyl (C=O) groups is 2. The van der Waals surface area contributed by atoms with Crippen molar-refractivity contribution in [1.82, 2.24) is 19.8 Å². The maximum atomic E-state index is 12.4. The highest BCUT2D eigenvalue weighted by Gasteiger charge is 2.41. The fraction of sp³-hybridized carbons (Fsp3) is 0.700. The van der Waals surface area contributed by atoms with Crippen LogP contribution in [0.4, 0.5) is 0 Å². The van der Waals surface area contributed by atoms with Gasteiger partial charge in [0.15, 0.2) is 0 Å². The van der Waals surface area contributed by atoms with Gasteiger partial charge in [0.2, 0.25) is 11.8 Å². The first kappa shape index (κ1) is 19.7. The highest BCUT2D eigenvalue weighted by Crippen LogP contribution is 2.40. The van der Waals surface area contributed by atoms with Crippen LogP contribution in [-0.4, -0.2) is 63.9 Å². The summed E-state index contributed by atoms with van der Waals surface area (Å²) < 4.78 is 5.44. The molecule has 7 nitrogen and oxygen atoms in total. The summed E-state index contributed by atoms with van der Waals surface area (Å²) in [5, 5.41) is 0. The molecular formula is C20H30N4O3. The molecule has 0 radical (unpaired) electrons. The minimum absolute atomic E-state index is 0.0628. The summed E-state index contributed by atoms with van der Waals surface area (Å²) in [5.41, 5.74) is 1.81. The second kappa shape index (κ2) is 8.33. The Kier molecular flexibility index (Phi) is 6.09. The van der Waals surface area contributed by atoms with Gasteiger partial charge in [-0.2, -0.15) is 0 Å². The molecule has 2 saturated heterocycles. The van der Waals surface area contributed by atoms with Crippen LogP contribution in [0.1, 0.15) is 50.9 Å². The summed E-state index contributed by atoms with van der Waals surface area (Å²) in [5.74, 6) is 0.254. The summed E-state index contributed by atoms with van der Waals surface area (Å²) >= 11 is 0. The Balaban J connectivity index is 1.56. The number of piperidine rings is 2. The highest BCUT2D eigenvalue weighted by molar-refractivity contribution is 5.78. The lowest BCUT2D eigenvalue weighted by atomic mass is 9.72. The zero-order valence-corrected chi connectivity index (χ0v) is 16.6. The number of carbonyl (C=O) groups excluding carboxylic acids is 2. The molecule has 0 aliphatic carbocycles. The summed E-state index contributed by atoms with van der Waals surface area (Å²) in [6.45, 7) is 8.67. The largest absolute Gasteiger partial charge is 0.369 e. The Morgan fingerprint density at radius 3 is 2.59 bits per heavy atom. The SMILES string of the molecule is Cc1cnc(CN2CC3(CCC2=O)CCN(C(=O)COC(C)C)CC3)cn1. The van der Waals surface area contributed by atoms with Gasteiger partial charge in [-0.25, -0.2) is 0 Å². The molecule has 2 amide bonds. The lowest BCUT2D eigenvalue weighted by Crippen LogP contribution is -2.52. The minimum Gasteiger partial charge on any atom is -0.369 e. The lowest BCUT2D eigenvalue weighted by Gasteiger charge is -2.47. The van der Waals surface area contributed by atoms with Crippen molar-refractivity contribution in [1.29, 1.82) is 0 Å². The monoisotopic (exact) mass is 374 g/mol. The van der Waals surface area contributed by atoms with Crippen LogP contribution >= 0.6 is 0 Å². The Morgan fingerprint density at radius 2 is 1.96 bits per heavy atom. The van der Waals surface area contributed by atoms with Crippen molar-refractivity contribution in [3.63, 3.8) is 0 Å². The van der Waals surface area contributed by atoms with Gasteiger partial charge in [-0.1, -0.05) is 0 Å². The van der Waals surface area contributed by atoms with Crippen molar-refractivity contribution in [2.75, 3.05) is 26.2 Å². The van der Waals surface area contributed by atoms with E-state index in [1.165, 1.54) is 0 Å². The smallest absolute Gasteiger partial charge is 0.248 e. The van der Waals surface area contributed by atoms with Crippen LogP contribution in [0.15, 0.2) is 12.4 Å². The standard InChI is InChI=1S/C20H30N4O3/c1-15(2)27-13-19(26)23-8-6-20(7-9-23)5-4-18(25)24(14-20)12-17-11-21-16(3)10-22-17/h10-11,15H,4-9,12-14H2,1-3H3. The fourth-order valence-corrected chi connectivity index (χ4v) is 3.91. The molecule has 1 aromatic rings. The second-order valence-corrected chi connectivity index (χ2v) is 8.14. The van der Waals surface area contributed by atoms with Crippen LogP contribution in [0.3, 0.4) is 0 Å². The molecule has 0 atom stereocenters.